The van der Waals surface area contributed by atoms with Gasteiger partial charge in [-0.15, -0.1) is 0 Å². The van der Waals surface area contributed by atoms with Crippen LogP contribution in [0.4, 0.5) is 0 Å². The minimum absolute atomic E-state index is 0.0551. The van der Waals surface area contributed by atoms with E-state index in [2.05, 4.69) is 0 Å². The molecule has 4 heterocycles. The van der Waals surface area contributed by atoms with E-state index in [0.717, 1.165) is 47.9 Å². The summed E-state index contributed by atoms with van der Waals surface area (Å²) in [5.74, 6) is -6.18. The number of amides is 6. The molecule has 2 aliphatic carbocycles. The predicted octanol–water partition coefficient (Wildman–Crippen LogP) is 6.60. The Bertz CT molecular complexity index is 2400. The number of carbonyl (C=O) groups is 8. The normalized spacial score (nSPS) is 24.4. The number of imide groups is 2. The standard InChI is InChI=1S/2C26H26N2O5/c2*29-23(20-11-5-6-12-21(20)26(32)33)27-14-13-16-7-1-2-8-17(16)22(27)15-28-24(30)18-9-3-4-10-19(18)25(28)31/h2*1-4,7-10,20-22H,5-6,11-15H2,(H,32,33)/t20-,21+,22+;20-,21-,22+/m00/s1. The second-order valence-corrected chi connectivity index (χ2v) is 18.2. The predicted molar refractivity (Wildman–Crippen MR) is 239 cm³/mol. The van der Waals surface area contributed by atoms with Crippen molar-refractivity contribution in [2.75, 3.05) is 26.2 Å². The molecule has 14 nitrogen and oxygen atoms in total. The lowest BCUT2D eigenvalue weighted by Crippen LogP contribution is -2.50. The summed E-state index contributed by atoms with van der Waals surface area (Å²) in [5.41, 5.74) is 5.51. The summed E-state index contributed by atoms with van der Waals surface area (Å²) in [7, 11) is 0. The number of benzene rings is 4. The van der Waals surface area contributed by atoms with E-state index in [1.165, 1.54) is 9.80 Å². The summed E-state index contributed by atoms with van der Waals surface area (Å²) in [4.78, 5) is 109. The number of carbonyl (C=O) groups excluding carboxylic acids is 6. The van der Waals surface area contributed by atoms with E-state index in [9.17, 15) is 48.6 Å². The molecule has 2 N–H and O–H groups in total. The van der Waals surface area contributed by atoms with Crippen molar-refractivity contribution in [1.29, 1.82) is 0 Å². The van der Waals surface area contributed by atoms with E-state index in [-0.39, 0.29) is 48.5 Å². The summed E-state index contributed by atoms with van der Waals surface area (Å²) >= 11 is 0. The molecule has 6 amide bonds. The van der Waals surface area contributed by atoms with Gasteiger partial charge in [0.1, 0.15) is 0 Å². The highest BCUT2D eigenvalue weighted by molar-refractivity contribution is 6.22. The summed E-state index contributed by atoms with van der Waals surface area (Å²) in [6.45, 7) is 0.984. The van der Waals surface area contributed by atoms with Crippen molar-refractivity contribution in [2.45, 2.75) is 76.3 Å². The van der Waals surface area contributed by atoms with E-state index in [0.29, 0.717) is 73.9 Å². The van der Waals surface area contributed by atoms with Crippen LogP contribution < -0.4 is 0 Å². The molecule has 0 bridgehead atoms. The van der Waals surface area contributed by atoms with Gasteiger partial charge in [0, 0.05) is 13.1 Å². The van der Waals surface area contributed by atoms with Gasteiger partial charge in [-0.25, -0.2) is 0 Å². The van der Waals surface area contributed by atoms with Crippen LogP contribution in [0.5, 0.6) is 0 Å². The van der Waals surface area contributed by atoms with Crippen LogP contribution in [0.2, 0.25) is 0 Å². The fraction of sp³-hybridized carbons (Fsp3) is 0.385. The van der Waals surface area contributed by atoms with E-state index in [1.807, 2.05) is 48.5 Å². The maximum Gasteiger partial charge on any atom is 0.307 e. The topological polar surface area (TPSA) is 190 Å². The number of hydrogen-bond donors (Lipinski definition) is 2. The average molecular weight is 893 g/mol. The highest BCUT2D eigenvalue weighted by Gasteiger charge is 2.46. The first-order valence-corrected chi connectivity index (χ1v) is 23.1. The molecule has 6 atom stereocenters. The number of fused-ring (bicyclic) bond motifs is 4. The minimum atomic E-state index is -0.928. The van der Waals surface area contributed by atoms with Crippen molar-refractivity contribution in [3.63, 3.8) is 0 Å². The van der Waals surface area contributed by atoms with Gasteiger partial charge in [0.25, 0.3) is 23.6 Å². The molecule has 66 heavy (non-hydrogen) atoms. The molecule has 4 aromatic carbocycles. The van der Waals surface area contributed by atoms with Gasteiger partial charge in [0.2, 0.25) is 11.8 Å². The molecule has 4 aliphatic heterocycles. The molecule has 0 spiro atoms. The van der Waals surface area contributed by atoms with Gasteiger partial charge in [-0.3, -0.25) is 48.2 Å². The van der Waals surface area contributed by atoms with Crippen LogP contribution in [0.1, 0.15) is 127 Å². The molecule has 0 saturated heterocycles. The summed E-state index contributed by atoms with van der Waals surface area (Å²) in [6, 6.07) is 28.1. The fourth-order valence-corrected chi connectivity index (χ4v) is 11.3. The van der Waals surface area contributed by atoms with Crippen LogP contribution in [-0.4, -0.2) is 103 Å². The first-order valence-electron chi connectivity index (χ1n) is 23.1. The zero-order valence-corrected chi connectivity index (χ0v) is 36.6. The van der Waals surface area contributed by atoms with E-state index in [4.69, 9.17) is 0 Å². The van der Waals surface area contributed by atoms with E-state index >= 15 is 0 Å². The number of hydrogen-bond acceptors (Lipinski definition) is 8. The average Bonchev–Trinajstić information content (AvgIpc) is 3.73. The van der Waals surface area contributed by atoms with Gasteiger partial charge in [-0.2, -0.15) is 0 Å². The van der Waals surface area contributed by atoms with Crippen LogP contribution in [0, 0.1) is 23.7 Å². The van der Waals surface area contributed by atoms with E-state index in [1.54, 1.807) is 58.3 Å². The van der Waals surface area contributed by atoms with Gasteiger partial charge in [0.15, 0.2) is 0 Å². The largest absolute Gasteiger partial charge is 0.481 e. The Kier molecular flexibility index (Phi) is 12.4. The Hall–Kier alpha value is -6.96. The zero-order chi connectivity index (χ0) is 46.2. The molecule has 14 heteroatoms. The van der Waals surface area contributed by atoms with Crippen LogP contribution in [0.25, 0.3) is 0 Å². The minimum Gasteiger partial charge on any atom is -0.481 e. The molecule has 4 aromatic rings. The number of nitrogens with zero attached hydrogens (tertiary/aromatic N) is 4. The quantitative estimate of drug-likeness (QED) is 0.182. The van der Waals surface area contributed by atoms with Gasteiger partial charge >= 0.3 is 11.9 Å². The van der Waals surface area contributed by atoms with Crippen molar-refractivity contribution in [2.24, 2.45) is 23.7 Å². The Morgan fingerprint density at radius 1 is 0.439 bits per heavy atom. The first kappa shape index (κ1) is 44.3. The number of carboxylic acid groups (broad SMARTS) is 2. The van der Waals surface area contributed by atoms with Crippen LogP contribution in [0.15, 0.2) is 97.1 Å². The highest BCUT2D eigenvalue weighted by Crippen LogP contribution is 2.40. The maximum absolute atomic E-state index is 13.7. The molecule has 0 unspecified atom stereocenters. The Balaban J connectivity index is 0.000000166. The molecule has 0 radical (unpaired) electrons. The molecular formula is C52H52N4O10. The van der Waals surface area contributed by atoms with Gasteiger partial charge in [-0.1, -0.05) is 98.5 Å². The zero-order valence-electron chi connectivity index (χ0n) is 36.6. The van der Waals surface area contributed by atoms with Gasteiger partial charge in [0.05, 0.1) is 71.1 Å². The van der Waals surface area contributed by atoms with E-state index < -0.39 is 47.7 Å². The Labute approximate surface area is 382 Å². The number of rotatable bonds is 8. The molecule has 6 aliphatic rings. The summed E-state index contributed by atoms with van der Waals surface area (Å²) in [5, 5.41) is 19.4. The molecule has 0 aromatic heterocycles. The van der Waals surface area contributed by atoms with Crippen molar-refractivity contribution in [1.82, 2.24) is 19.6 Å². The van der Waals surface area contributed by atoms with Crippen molar-refractivity contribution < 1.29 is 48.6 Å². The third-order valence-electron chi connectivity index (χ3n) is 14.7. The Morgan fingerprint density at radius 2 is 0.742 bits per heavy atom. The van der Waals surface area contributed by atoms with Crippen molar-refractivity contribution in [3.8, 4) is 0 Å². The third-order valence-corrected chi connectivity index (χ3v) is 14.7. The van der Waals surface area contributed by atoms with Crippen LogP contribution >= 0.6 is 0 Å². The molecule has 10 rings (SSSR count). The van der Waals surface area contributed by atoms with Crippen molar-refractivity contribution in [3.05, 3.63) is 142 Å². The lowest BCUT2D eigenvalue weighted by Gasteiger charge is -2.42. The smallest absolute Gasteiger partial charge is 0.307 e. The molecular weight excluding hydrogens is 841 g/mol. The molecule has 340 valence electrons. The molecule has 2 saturated carbocycles. The summed E-state index contributed by atoms with van der Waals surface area (Å²) in [6.07, 6.45) is 6.68. The number of carboxylic acids is 2. The second kappa shape index (κ2) is 18.5. The fourth-order valence-electron chi connectivity index (χ4n) is 11.3. The van der Waals surface area contributed by atoms with Gasteiger partial charge < -0.3 is 20.0 Å². The van der Waals surface area contributed by atoms with Crippen LogP contribution in [0.3, 0.4) is 0 Å². The van der Waals surface area contributed by atoms with Crippen LogP contribution in [-0.2, 0) is 32.0 Å². The number of aliphatic carboxylic acids is 2. The first-order chi connectivity index (χ1) is 31.9. The Morgan fingerprint density at radius 3 is 1.08 bits per heavy atom. The summed E-state index contributed by atoms with van der Waals surface area (Å²) < 4.78 is 0. The third kappa shape index (κ3) is 8.06. The van der Waals surface area contributed by atoms with Gasteiger partial charge in [-0.05, 0) is 85.0 Å². The SMILES string of the molecule is O=C(O)[C@@H]1CCCC[C@@H]1C(=O)N1CCc2ccccc2[C@H]1CN1C(=O)c2ccccc2C1=O.O=C(O)[C@H]1CCCC[C@@H]1C(=O)N1CCc2ccccc2[C@H]1CN1C(=O)c2ccccc2C1=O. The second-order valence-electron chi connectivity index (χ2n) is 18.2. The lowest BCUT2D eigenvalue weighted by molar-refractivity contribution is -0.153. The highest BCUT2D eigenvalue weighted by atomic mass is 16.4. The monoisotopic (exact) mass is 892 g/mol. The lowest BCUT2D eigenvalue weighted by atomic mass is 9.77. The molecule has 2 fully saturated rings. The maximum atomic E-state index is 13.7. The van der Waals surface area contributed by atoms with Crippen molar-refractivity contribution >= 4 is 47.4 Å².